The van der Waals surface area contributed by atoms with Crippen LogP contribution in [-0.2, 0) is 4.74 Å². The summed E-state index contributed by atoms with van der Waals surface area (Å²) in [5.74, 6) is 0. The van der Waals surface area contributed by atoms with Gasteiger partial charge in [-0.3, -0.25) is 0 Å². The molecule has 2 rings (SSSR count). The molecule has 0 aliphatic carbocycles. The molecule has 0 saturated carbocycles. The predicted octanol–water partition coefficient (Wildman–Crippen LogP) is 2.15. The van der Waals surface area contributed by atoms with Gasteiger partial charge in [0.25, 0.3) is 0 Å². The van der Waals surface area contributed by atoms with Crippen LogP contribution in [0, 0.1) is 0 Å². The third-order valence-corrected chi connectivity index (χ3v) is 3.63. The van der Waals surface area contributed by atoms with Crippen LogP contribution in [0.15, 0.2) is 0 Å². The zero-order valence-corrected chi connectivity index (χ0v) is 10.8. The highest BCUT2D eigenvalue weighted by atomic mass is 19.1. The largest absolute Gasteiger partial charge is 0.452 e. The summed E-state index contributed by atoms with van der Waals surface area (Å²) in [6.07, 6.45) is 1.16. The minimum absolute atomic E-state index is 0.0671. The molecule has 0 aromatic carbocycles. The van der Waals surface area contributed by atoms with E-state index in [1.807, 2.05) is 20.8 Å². The minimum Gasteiger partial charge on any atom is -0.441 e. The number of hydrogen-bond acceptors (Lipinski definition) is 2. The Morgan fingerprint density at radius 3 is 2.71 bits per heavy atom. The predicted molar refractivity (Wildman–Crippen MR) is 61.9 cm³/mol. The summed E-state index contributed by atoms with van der Waals surface area (Å²) in [6, 6.07) is -0.0671. The zero-order valence-electron chi connectivity index (χ0n) is 10.8. The highest BCUT2D eigenvalue weighted by Gasteiger charge is 2.54. The van der Waals surface area contributed by atoms with E-state index in [0.29, 0.717) is 17.6 Å². The molecular formula is C12H22FN2O2+. The molecule has 0 aromatic heterocycles. The summed E-state index contributed by atoms with van der Waals surface area (Å²) in [5, 5.41) is 0. The molecule has 2 aliphatic rings. The van der Waals surface area contributed by atoms with Crippen LogP contribution in [0.3, 0.4) is 0 Å². The normalized spacial score (nSPS) is 36.7. The molecule has 2 aliphatic heterocycles. The number of carbonyl (C=O) groups excluding carboxylic acids is 1. The van der Waals surface area contributed by atoms with Crippen molar-refractivity contribution in [2.45, 2.75) is 57.8 Å². The molecule has 17 heavy (non-hydrogen) atoms. The number of nitrogens with one attached hydrogen (secondary N) is 1. The maximum Gasteiger partial charge on any atom is 0.452 e. The van der Waals surface area contributed by atoms with E-state index in [0.717, 1.165) is 19.4 Å². The Kier molecular flexibility index (Phi) is 3.06. The van der Waals surface area contributed by atoms with Crippen LogP contribution >= 0.6 is 0 Å². The maximum absolute atomic E-state index is 13.7. The number of ether oxygens (including phenoxy) is 1. The molecule has 1 N–H and O–H groups in total. The maximum atomic E-state index is 13.7. The molecule has 0 radical (unpaired) electrons. The minimum atomic E-state index is -0.785. The average Bonchev–Trinajstić information content (AvgIpc) is 2.65. The second-order valence-electron chi connectivity index (χ2n) is 6.11. The van der Waals surface area contributed by atoms with Gasteiger partial charge in [-0.05, 0) is 20.8 Å². The van der Waals surface area contributed by atoms with E-state index in [9.17, 15) is 9.18 Å². The average molecular weight is 245 g/mol. The fourth-order valence-electron chi connectivity index (χ4n) is 2.99. The summed E-state index contributed by atoms with van der Waals surface area (Å²) in [7, 11) is 0. The topological polar surface area (TPSA) is 38.3 Å². The number of amides is 1. The number of halogens is 1. The Labute approximate surface area is 102 Å². The molecule has 98 valence electrons. The lowest BCUT2D eigenvalue weighted by Gasteiger charge is -2.34. The summed E-state index contributed by atoms with van der Waals surface area (Å²) in [4.78, 5) is 11.8. The van der Waals surface area contributed by atoms with Crippen LogP contribution in [0.4, 0.5) is 9.18 Å². The van der Waals surface area contributed by atoms with Crippen molar-refractivity contribution in [3.63, 3.8) is 0 Å². The molecule has 2 fully saturated rings. The first-order valence-electron chi connectivity index (χ1n) is 6.34. The zero-order chi connectivity index (χ0) is 12.7. The van der Waals surface area contributed by atoms with Crippen LogP contribution in [0.25, 0.3) is 0 Å². The first-order valence-corrected chi connectivity index (χ1v) is 6.34. The lowest BCUT2D eigenvalue weighted by Crippen LogP contribution is -2.61. The SMILES string of the molecule is CC(C)(C)OC(=O)N[N@+]12CCC[C@@H]1[C@@H](F)CC2. The number of fused-ring (bicyclic) bond motifs is 1. The van der Waals surface area contributed by atoms with Crippen molar-refractivity contribution in [1.82, 2.24) is 5.43 Å². The van der Waals surface area contributed by atoms with Gasteiger partial charge in [-0.1, -0.05) is 0 Å². The number of rotatable bonds is 1. The van der Waals surface area contributed by atoms with Gasteiger partial charge in [-0.25, -0.2) is 13.8 Å². The number of carbonyl (C=O) groups is 1. The van der Waals surface area contributed by atoms with Crippen LogP contribution in [0.1, 0.15) is 40.0 Å². The molecule has 4 nitrogen and oxygen atoms in total. The molecule has 0 bridgehead atoms. The molecule has 0 spiro atoms. The monoisotopic (exact) mass is 245 g/mol. The van der Waals surface area contributed by atoms with E-state index in [2.05, 4.69) is 5.43 Å². The van der Waals surface area contributed by atoms with Crippen LogP contribution < -0.4 is 5.43 Å². The van der Waals surface area contributed by atoms with Gasteiger partial charge in [0.05, 0.1) is 0 Å². The smallest absolute Gasteiger partial charge is 0.441 e. The van der Waals surface area contributed by atoms with E-state index < -0.39 is 17.9 Å². The molecule has 0 aromatic rings. The summed E-state index contributed by atoms with van der Waals surface area (Å²) >= 11 is 0. The standard InChI is InChI=1S/C12H21FN2O2/c1-12(2,3)17-11(16)14-15-7-4-5-10(15)9(13)6-8-15/h9-10H,4-8H2,1-3H3/p+1/t9-,10+,15-/m0/s1. The lowest BCUT2D eigenvalue weighted by molar-refractivity contribution is -0.962. The van der Waals surface area contributed by atoms with Crippen molar-refractivity contribution in [3.8, 4) is 0 Å². The van der Waals surface area contributed by atoms with E-state index in [4.69, 9.17) is 4.74 Å². The van der Waals surface area contributed by atoms with Gasteiger partial charge in [-0.2, -0.15) is 5.43 Å². The van der Waals surface area contributed by atoms with Gasteiger partial charge < -0.3 is 4.74 Å². The van der Waals surface area contributed by atoms with Crippen molar-refractivity contribution in [2.24, 2.45) is 0 Å². The molecule has 0 unspecified atom stereocenters. The first-order chi connectivity index (χ1) is 7.82. The van der Waals surface area contributed by atoms with Crippen LogP contribution in [0.2, 0.25) is 0 Å². The van der Waals surface area contributed by atoms with Crippen LogP contribution in [0.5, 0.6) is 0 Å². The van der Waals surface area contributed by atoms with E-state index >= 15 is 0 Å². The fraction of sp³-hybridized carbons (Fsp3) is 0.917. The molecule has 3 atom stereocenters. The Hall–Kier alpha value is -0.840. The van der Waals surface area contributed by atoms with Crippen molar-refractivity contribution >= 4 is 6.09 Å². The molecule has 5 heteroatoms. The number of alkyl halides is 1. The van der Waals surface area contributed by atoms with E-state index in [-0.39, 0.29) is 6.04 Å². The lowest BCUT2D eigenvalue weighted by atomic mass is 10.1. The molecular weight excluding hydrogens is 223 g/mol. The van der Waals surface area contributed by atoms with E-state index in [1.165, 1.54) is 0 Å². The van der Waals surface area contributed by atoms with Gasteiger partial charge >= 0.3 is 6.09 Å². The number of quaternary nitrogens is 1. The van der Waals surface area contributed by atoms with Gasteiger partial charge in [-0.15, -0.1) is 0 Å². The molecule has 2 saturated heterocycles. The van der Waals surface area contributed by atoms with Crippen molar-refractivity contribution in [3.05, 3.63) is 0 Å². The third kappa shape index (κ3) is 2.54. The highest BCUT2D eigenvalue weighted by molar-refractivity contribution is 5.66. The second-order valence-corrected chi connectivity index (χ2v) is 6.11. The summed E-state index contributed by atoms with van der Waals surface area (Å²) in [5.41, 5.74) is 2.37. The highest BCUT2D eigenvalue weighted by Crippen LogP contribution is 2.36. The number of nitrogens with zero attached hydrogens (tertiary/aromatic N) is 1. The Morgan fingerprint density at radius 1 is 1.35 bits per heavy atom. The van der Waals surface area contributed by atoms with Gasteiger partial charge in [0.1, 0.15) is 24.7 Å². The van der Waals surface area contributed by atoms with Crippen molar-refractivity contribution < 1.29 is 18.5 Å². The number of hydrogen-bond donors (Lipinski definition) is 1. The fourth-order valence-corrected chi connectivity index (χ4v) is 2.99. The van der Waals surface area contributed by atoms with Gasteiger partial charge in [0, 0.05) is 19.3 Å². The molecule has 1 amide bonds. The van der Waals surface area contributed by atoms with Crippen LogP contribution in [-0.4, -0.2) is 41.6 Å². The third-order valence-electron chi connectivity index (χ3n) is 3.63. The van der Waals surface area contributed by atoms with E-state index in [1.54, 1.807) is 0 Å². The summed E-state index contributed by atoms with van der Waals surface area (Å²) < 4.78 is 19.3. The summed E-state index contributed by atoms with van der Waals surface area (Å²) in [6.45, 7) is 7.00. The Morgan fingerprint density at radius 2 is 2.06 bits per heavy atom. The Bertz CT molecular complexity index is 316. The van der Waals surface area contributed by atoms with Crippen molar-refractivity contribution in [1.29, 1.82) is 0 Å². The molecule has 2 heterocycles. The Balaban J connectivity index is 2.00. The second kappa shape index (κ2) is 4.12. The van der Waals surface area contributed by atoms with Gasteiger partial charge in [0.2, 0.25) is 0 Å². The van der Waals surface area contributed by atoms with Gasteiger partial charge in [0.15, 0.2) is 6.17 Å². The quantitative estimate of drug-likeness (QED) is 0.719. The first kappa shape index (κ1) is 12.6. The van der Waals surface area contributed by atoms with Crippen molar-refractivity contribution in [2.75, 3.05) is 13.1 Å².